The first-order valence-electron chi connectivity index (χ1n) is 5.50. The Morgan fingerprint density at radius 2 is 1.76 bits per heavy atom. The van der Waals surface area contributed by atoms with Crippen molar-refractivity contribution in [2.45, 2.75) is 26.3 Å². The Labute approximate surface area is 103 Å². The second-order valence-corrected chi connectivity index (χ2v) is 5.07. The van der Waals surface area contributed by atoms with Gasteiger partial charge in [-0.3, -0.25) is 4.79 Å². The number of hydrogen-bond donors (Lipinski definition) is 2. The van der Waals surface area contributed by atoms with Crippen molar-refractivity contribution in [3.05, 3.63) is 0 Å². The van der Waals surface area contributed by atoms with Crippen molar-refractivity contribution >= 4 is 11.9 Å². The molecule has 0 radical (unpaired) electrons. The summed E-state index contributed by atoms with van der Waals surface area (Å²) in [5.74, 6) is -1.84. The summed E-state index contributed by atoms with van der Waals surface area (Å²) < 4.78 is 0.419. The second kappa shape index (κ2) is 8.03. The van der Waals surface area contributed by atoms with Crippen molar-refractivity contribution < 1.29 is 24.3 Å². The first kappa shape index (κ1) is 18.2. The van der Waals surface area contributed by atoms with E-state index >= 15 is 0 Å². The van der Waals surface area contributed by atoms with Crippen LogP contribution in [0, 0.1) is 5.92 Å². The fourth-order valence-corrected chi connectivity index (χ4v) is 0.885. The van der Waals surface area contributed by atoms with Gasteiger partial charge in [0.25, 0.3) is 0 Å². The Balaban J connectivity index is 0. The molecule has 0 aromatic rings. The number of carboxylic acids is 2. The molecule has 17 heavy (non-hydrogen) atoms. The summed E-state index contributed by atoms with van der Waals surface area (Å²) in [4.78, 5) is 20.1. The van der Waals surface area contributed by atoms with Gasteiger partial charge in [-0.1, -0.05) is 20.3 Å². The van der Waals surface area contributed by atoms with Crippen molar-refractivity contribution in [3.63, 3.8) is 0 Å². The summed E-state index contributed by atoms with van der Waals surface area (Å²) in [5, 5.41) is 18.2. The van der Waals surface area contributed by atoms with Gasteiger partial charge in [-0.2, -0.15) is 0 Å². The monoisotopic (exact) mass is 248 g/mol. The highest BCUT2D eigenvalue weighted by atomic mass is 16.4. The van der Waals surface area contributed by atoms with Gasteiger partial charge in [0.2, 0.25) is 0 Å². The molecule has 0 heterocycles. The summed E-state index contributed by atoms with van der Waals surface area (Å²) in [7, 11) is 5.40. The highest BCUT2D eigenvalue weighted by molar-refractivity contribution is 5.73. The number of nitrogens with zero attached hydrogens (tertiary/aromatic N) is 1. The third-order valence-electron chi connectivity index (χ3n) is 2.15. The fraction of sp³-hybridized carbons (Fsp3) is 0.818. The average Bonchev–Trinajstić information content (AvgIpc) is 2.12. The van der Waals surface area contributed by atoms with Crippen molar-refractivity contribution in [1.82, 2.24) is 0 Å². The predicted molar refractivity (Wildman–Crippen MR) is 63.0 cm³/mol. The third-order valence-corrected chi connectivity index (χ3v) is 2.15. The highest BCUT2D eigenvalue weighted by Crippen LogP contribution is 2.04. The molecule has 0 aliphatic heterocycles. The molecule has 0 bridgehead atoms. The van der Waals surface area contributed by atoms with Crippen molar-refractivity contribution in [3.8, 4) is 0 Å². The zero-order chi connectivity index (χ0) is 14.2. The molecule has 0 aromatic heterocycles. The van der Waals surface area contributed by atoms with Crippen molar-refractivity contribution in [1.29, 1.82) is 0 Å². The minimum Gasteiger partial charge on any atom is -0.544 e. The van der Waals surface area contributed by atoms with E-state index in [1.807, 2.05) is 13.8 Å². The molecule has 2 atom stereocenters. The Hall–Kier alpha value is -1.14. The smallest absolute Gasteiger partial charge is 0.320 e. The lowest BCUT2D eigenvalue weighted by Gasteiger charge is -2.23. The molecule has 0 spiro atoms. The number of likely N-dealkylation sites (N-methyl/N-ethyl adjacent to an activating group) is 1. The van der Waals surface area contributed by atoms with Gasteiger partial charge in [0.05, 0.1) is 27.1 Å². The van der Waals surface area contributed by atoms with Crippen LogP contribution >= 0.6 is 0 Å². The van der Waals surface area contributed by atoms with E-state index in [2.05, 4.69) is 0 Å². The van der Waals surface area contributed by atoms with Crippen LogP contribution in [0.3, 0.4) is 0 Å². The molecular weight excluding hydrogens is 224 g/mol. The first-order valence-corrected chi connectivity index (χ1v) is 5.50. The van der Waals surface area contributed by atoms with Crippen molar-refractivity contribution in [2.75, 3.05) is 27.7 Å². The normalized spacial score (nSPS) is 14.2. The van der Waals surface area contributed by atoms with Crippen LogP contribution in [0.5, 0.6) is 0 Å². The maximum atomic E-state index is 10.2. The second-order valence-electron chi connectivity index (χ2n) is 5.07. The molecule has 0 saturated carbocycles. The standard InChI is InChI=1S/C6H13NO2.C5H11NO2/c1-3-4(2)5(7)6(8)9;1-6(2,3)4-5(7)8/h4-5H,3,7H2,1-2H3,(H,8,9);4H2,1-3H3. The molecule has 0 aliphatic carbocycles. The van der Waals surface area contributed by atoms with E-state index in [9.17, 15) is 14.7 Å². The van der Waals surface area contributed by atoms with E-state index in [1.165, 1.54) is 0 Å². The largest absolute Gasteiger partial charge is 0.544 e. The van der Waals surface area contributed by atoms with Gasteiger partial charge in [0.1, 0.15) is 12.6 Å². The summed E-state index contributed by atoms with van der Waals surface area (Å²) in [6.07, 6.45) is 0.813. The molecule has 2 unspecified atom stereocenters. The maximum absolute atomic E-state index is 10.2. The summed E-state index contributed by atoms with van der Waals surface area (Å²) >= 11 is 0. The fourth-order valence-electron chi connectivity index (χ4n) is 0.885. The molecule has 102 valence electrons. The Bertz CT molecular complexity index is 248. The summed E-state index contributed by atoms with van der Waals surface area (Å²) in [6, 6.07) is -0.699. The Morgan fingerprint density at radius 3 is 1.82 bits per heavy atom. The first-order chi connectivity index (χ1) is 7.51. The number of hydrogen-bond acceptors (Lipinski definition) is 4. The molecule has 6 nitrogen and oxygen atoms in total. The van der Waals surface area contributed by atoms with Gasteiger partial charge in [0, 0.05) is 0 Å². The van der Waals surface area contributed by atoms with Gasteiger partial charge < -0.3 is 25.2 Å². The topological polar surface area (TPSA) is 103 Å². The number of carbonyl (C=O) groups excluding carboxylic acids is 1. The molecule has 0 rings (SSSR count). The van der Waals surface area contributed by atoms with Crippen LogP contribution < -0.4 is 10.8 Å². The van der Waals surface area contributed by atoms with Gasteiger partial charge in [-0.25, -0.2) is 0 Å². The van der Waals surface area contributed by atoms with Crippen LogP contribution in [0.4, 0.5) is 0 Å². The number of carboxylic acid groups (broad SMARTS) is 2. The molecule has 0 fully saturated rings. The lowest BCUT2D eigenvalue weighted by atomic mass is 10.0. The summed E-state index contributed by atoms with van der Waals surface area (Å²) in [5.41, 5.74) is 5.27. The molecule has 0 aromatic carbocycles. The molecule has 0 aliphatic rings. The Morgan fingerprint density at radius 1 is 1.35 bits per heavy atom. The number of quaternary nitrogens is 1. The lowest BCUT2D eigenvalue weighted by Crippen LogP contribution is -2.45. The van der Waals surface area contributed by atoms with Crippen LogP contribution in [0.25, 0.3) is 0 Å². The van der Waals surface area contributed by atoms with Crippen LogP contribution in [0.2, 0.25) is 0 Å². The van der Waals surface area contributed by atoms with E-state index in [0.29, 0.717) is 4.48 Å². The highest BCUT2D eigenvalue weighted by Gasteiger charge is 2.17. The number of rotatable bonds is 5. The van der Waals surface area contributed by atoms with Crippen LogP contribution in [-0.4, -0.2) is 55.3 Å². The van der Waals surface area contributed by atoms with Gasteiger partial charge in [-0.15, -0.1) is 0 Å². The number of nitrogens with two attached hydrogens (primary N) is 1. The molecular formula is C11H24N2O4. The zero-order valence-corrected chi connectivity index (χ0v) is 11.3. The molecule has 0 saturated heterocycles. The van der Waals surface area contributed by atoms with Crippen LogP contribution in [0.15, 0.2) is 0 Å². The van der Waals surface area contributed by atoms with Gasteiger partial charge in [-0.05, 0) is 5.92 Å². The van der Waals surface area contributed by atoms with Gasteiger partial charge >= 0.3 is 5.97 Å². The quantitative estimate of drug-likeness (QED) is 0.600. The lowest BCUT2D eigenvalue weighted by molar-refractivity contribution is -0.864. The molecule has 6 heteroatoms. The van der Waals surface area contributed by atoms with E-state index in [0.717, 1.165) is 6.42 Å². The van der Waals surface area contributed by atoms with Crippen molar-refractivity contribution in [2.24, 2.45) is 11.7 Å². The van der Waals surface area contributed by atoms with E-state index in [-0.39, 0.29) is 12.5 Å². The zero-order valence-electron chi connectivity index (χ0n) is 11.3. The minimum absolute atomic E-state index is 0.0694. The average molecular weight is 248 g/mol. The maximum Gasteiger partial charge on any atom is 0.320 e. The summed E-state index contributed by atoms with van der Waals surface area (Å²) in [6.45, 7) is 3.83. The van der Waals surface area contributed by atoms with Crippen LogP contribution in [0.1, 0.15) is 20.3 Å². The Kier molecular flexibility index (Phi) is 8.61. The predicted octanol–water partition coefficient (Wildman–Crippen LogP) is -1.11. The van der Waals surface area contributed by atoms with E-state index in [4.69, 9.17) is 10.8 Å². The third kappa shape index (κ3) is 12.8. The van der Waals surface area contributed by atoms with E-state index < -0.39 is 18.0 Å². The minimum atomic E-state index is -1.00. The molecule has 0 amide bonds. The van der Waals surface area contributed by atoms with Crippen LogP contribution in [-0.2, 0) is 9.59 Å². The number of aliphatic carboxylic acids is 2. The number of carbonyl (C=O) groups is 2. The molecule has 3 N–H and O–H groups in total. The van der Waals surface area contributed by atoms with Gasteiger partial charge in [0.15, 0.2) is 0 Å². The SMILES string of the molecule is CCC(C)C(N)C(=O)O.C[N+](C)(C)CC(=O)[O-]. The van der Waals surface area contributed by atoms with E-state index in [1.54, 1.807) is 21.1 Å².